The van der Waals surface area contributed by atoms with Crippen molar-refractivity contribution in [2.75, 3.05) is 19.7 Å². The molecule has 0 bridgehead atoms. The summed E-state index contributed by atoms with van der Waals surface area (Å²) in [7, 11) is -2.14. The third-order valence-electron chi connectivity index (χ3n) is 8.70. The van der Waals surface area contributed by atoms with Crippen molar-refractivity contribution in [3.8, 4) is 0 Å². The molecule has 0 aliphatic rings. The molecule has 0 unspecified atom stereocenters. The van der Waals surface area contributed by atoms with Gasteiger partial charge in [0.05, 0.1) is 0 Å². The van der Waals surface area contributed by atoms with Gasteiger partial charge in [0, 0.05) is 25.7 Å². The first-order valence-corrected chi connectivity index (χ1v) is 20.1. The van der Waals surface area contributed by atoms with Crippen molar-refractivity contribution in [3.63, 3.8) is 0 Å². The van der Waals surface area contributed by atoms with Crippen LogP contribution < -0.4 is 5.19 Å². The molecule has 6 nitrogen and oxygen atoms in total. The van der Waals surface area contributed by atoms with Crippen LogP contribution >= 0.6 is 0 Å². The maximum atomic E-state index is 13.7. The Kier molecular flexibility index (Phi) is 13.6. The van der Waals surface area contributed by atoms with Gasteiger partial charge < -0.3 is 9.47 Å². The monoisotopic (exact) mass is 676 g/mol. The van der Waals surface area contributed by atoms with Crippen LogP contribution in [0.2, 0.25) is 13.1 Å². The number of ether oxygens (including phenoxy) is 2. The largest absolute Gasteiger partial charge is 0.463 e. The van der Waals surface area contributed by atoms with E-state index in [1.807, 2.05) is 76.2 Å². The third-order valence-corrected chi connectivity index (χ3v) is 12.5. The van der Waals surface area contributed by atoms with E-state index in [4.69, 9.17) is 9.47 Å². The zero-order valence-corrected chi connectivity index (χ0v) is 31.0. The number of allylic oxidation sites excluding steroid dienone is 1. The zero-order valence-electron chi connectivity index (χ0n) is 30.0. The van der Waals surface area contributed by atoms with Gasteiger partial charge in [-0.1, -0.05) is 151 Å². The van der Waals surface area contributed by atoms with E-state index in [0.29, 0.717) is 19.5 Å². The number of hydrogen-bond donors (Lipinski definition) is 0. The van der Waals surface area contributed by atoms with Crippen LogP contribution in [0.5, 0.6) is 0 Å². The Balaban J connectivity index is 1.57. The van der Waals surface area contributed by atoms with Crippen molar-refractivity contribution in [3.05, 3.63) is 149 Å². The third kappa shape index (κ3) is 11.9. The molecule has 0 aliphatic heterocycles. The van der Waals surface area contributed by atoms with Crippen LogP contribution in [0.3, 0.4) is 0 Å². The van der Waals surface area contributed by atoms with Gasteiger partial charge in [0.25, 0.3) is 0 Å². The summed E-state index contributed by atoms with van der Waals surface area (Å²) in [5.74, 6) is -0.460. The summed E-state index contributed by atoms with van der Waals surface area (Å²) in [4.78, 5) is 31.2. The van der Waals surface area contributed by atoms with Crippen molar-refractivity contribution in [2.45, 2.75) is 71.9 Å². The molecule has 0 aliphatic carbocycles. The van der Waals surface area contributed by atoms with Crippen molar-refractivity contribution in [1.29, 1.82) is 0 Å². The Morgan fingerprint density at radius 3 is 1.65 bits per heavy atom. The van der Waals surface area contributed by atoms with Crippen LogP contribution in [0.15, 0.2) is 133 Å². The average molecular weight is 677 g/mol. The number of rotatable bonds is 15. The Bertz CT molecular complexity index is 1580. The standard InChI is InChI=1S/C42H52N2O4Si/c1-7-38(49(5,6)39-26-18-11-19-27-39)31-44(41(46)48-42(2,3)4)32-40(45)47-33-37(28-34-20-12-8-13-21-34)43(29-35-22-14-9-15-23-35)30-36-24-16-10-17-25-36/h7-27,37H,28-33H2,1-6H3/b38-7-/t37-/m0/s1. The van der Waals surface area contributed by atoms with E-state index in [0.717, 1.165) is 10.8 Å². The van der Waals surface area contributed by atoms with Crippen LogP contribution in [0.1, 0.15) is 44.4 Å². The second-order valence-electron chi connectivity index (χ2n) is 14.0. The molecule has 258 valence electrons. The Morgan fingerprint density at radius 2 is 1.18 bits per heavy atom. The van der Waals surface area contributed by atoms with Crippen molar-refractivity contribution in [2.24, 2.45) is 0 Å². The minimum Gasteiger partial charge on any atom is -0.463 e. The molecule has 4 aromatic rings. The predicted octanol–water partition coefficient (Wildman–Crippen LogP) is 8.18. The highest BCUT2D eigenvalue weighted by Gasteiger charge is 2.33. The topological polar surface area (TPSA) is 59.1 Å². The number of carbonyl (C=O) groups excluding carboxylic acids is 2. The number of benzene rings is 4. The molecule has 7 heteroatoms. The van der Waals surface area contributed by atoms with Gasteiger partial charge in [0.2, 0.25) is 0 Å². The van der Waals surface area contributed by atoms with Gasteiger partial charge in [0.15, 0.2) is 0 Å². The summed E-state index contributed by atoms with van der Waals surface area (Å²) in [6, 6.07) is 41.3. The highest BCUT2D eigenvalue weighted by Crippen LogP contribution is 2.21. The van der Waals surface area contributed by atoms with E-state index in [2.05, 4.69) is 96.9 Å². The second-order valence-corrected chi connectivity index (χ2v) is 18.5. The maximum absolute atomic E-state index is 13.7. The Hall–Kier alpha value is -4.46. The minimum absolute atomic E-state index is 0.114. The molecule has 1 amide bonds. The summed E-state index contributed by atoms with van der Waals surface area (Å²) in [6.45, 7) is 13.7. The van der Waals surface area contributed by atoms with Crippen molar-refractivity contribution < 1.29 is 19.1 Å². The molecule has 0 N–H and O–H groups in total. The minimum atomic E-state index is -2.14. The van der Waals surface area contributed by atoms with E-state index in [1.54, 1.807) is 0 Å². The average Bonchev–Trinajstić information content (AvgIpc) is 3.09. The summed E-state index contributed by atoms with van der Waals surface area (Å²) >= 11 is 0. The fourth-order valence-electron chi connectivity index (χ4n) is 5.93. The Labute approximate surface area is 294 Å². The lowest BCUT2D eigenvalue weighted by molar-refractivity contribution is -0.146. The summed E-state index contributed by atoms with van der Waals surface area (Å²) in [5, 5.41) is 2.40. The molecule has 49 heavy (non-hydrogen) atoms. The van der Waals surface area contributed by atoms with E-state index in [1.165, 1.54) is 21.2 Å². The molecule has 0 heterocycles. The zero-order chi connectivity index (χ0) is 35.3. The summed E-state index contributed by atoms with van der Waals surface area (Å²) in [6.07, 6.45) is 2.25. The SMILES string of the molecule is C/C=C(/CN(CC(=O)OC[C@H](Cc1ccccc1)N(Cc1ccccc1)Cc1ccccc1)C(=O)OC(C)(C)C)[Si](C)(C)c1ccccc1. The number of esters is 1. The quantitative estimate of drug-likeness (QED) is 0.0939. The first kappa shape index (κ1) is 37.4. The fraction of sp³-hybridized carbons (Fsp3) is 0.333. The van der Waals surface area contributed by atoms with Gasteiger partial charge in [-0.2, -0.15) is 0 Å². The maximum Gasteiger partial charge on any atom is 0.411 e. The van der Waals surface area contributed by atoms with Crippen LogP contribution in [-0.2, 0) is 33.8 Å². The molecule has 0 radical (unpaired) electrons. The molecule has 4 aromatic carbocycles. The van der Waals surface area contributed by atoms with Gasteiger partial charge in [-0.05, 0) is 50.8 Å². The molecule has 0 saturated heterocycles. The molecular weight excluding hydrogens is 625 g/mol. The lowest BCUT2D eigenvalue weighted by Gasteiger charge is -2.33. The van der Waals surface area contributed by atoms with Crippen LogP contribution in [0, 0.1) is 0 Å². The molecule has 4 rings (SSSR count). The van der Waals surface area contributed by atoms with E-state index in [-0.39, 0.29) is 25.7 Å². The summed E-state index contributed by atoms with van der Waals surface area (Å²) < 4.78 is 11.9. The lowest BCUT2D eigenvalue weighted by Crippen LogP contribution is -2.50. The molecule has 1 atom stereocenters. The highest BCUT2D eigenvalue weighted by atomic mass is 28.3. The number of carbonyl (C=O) groups is 2. The highest BCUT2D eigenvalue weighted by molar-refractivity contribution is 6.95. The van der Waals surface area contributed by atoms with E-state index < -0.39 is 25.7 Å². The smallest absolute Gasteiger partial charge is 0.411 e. The first-order chi connectivity index (χ1) is 23.4. The van der Waals surface area contributed by atoms with Gasteiger partial charge in [-0.15, -0.1) is 0 Å². The molecule has 0 saturated carbocycles. The van der Waals surface area contributed by atoms with Crippen LogP contribution in [0.4, 0.5) is 4.79 Å². The molecular formula is C42H52N2O4Si. The predicted molar refractivity (Wildman–Crippen MR) is 202 cm³/mol. The van der Waals surface area contributed by atoms with E-state index >= 15 is 0 Å². The molecule has 0 aromatic heterocycles. The molecule has 0 spiro atoms. The Morgan fingerprint density at radius 1 is 0.714 bits per heavy atom. The number of hydrogen-bond acceptors (Lipinski definition) is 5. The summed E-state index contributed by atoms with van der Waals surface area (Å²) in [5.41, 5.74) is 2.82. The first-order valence-electron chi connectivity index (χ1n) is 17.1. The van der Waals surface area contributed by atoms with Gasteiger partial charge >= 0.3 is 12.1 Å². The molecule has 0 fully saturated rings. The van der Waals surface area contributed by atoms with Gasteiger partial charge in [-0.25, -0.2) is 4.79 Å². The van der Waals surface area contributed by atoms with Gasteiger partial charge in [-0.3, -0.25) is 14.6 Å². The van der Waals surface area contributed by atoms with Crippen molar-refractivity contribution in [1.82, 2.24) is 9.80 Å². The van der Waals surface area contributed by atoms with Gasteiger partial charge in [0.1, 0.15) is 26.8 Å². The normalized spacial score (nSPS) is 12.8. The number of amides is 1. The van der Waals surface area contributed by atoms with Crippen LogP contribution in [-0.4, -0.2) is 61.3 Å². The fourth-order valence-corrected chi connectivity index (χ4v) is 8.63. The van der Waals surface area contributed by atoms with Crippen LogP contribution in [0.25, 0.3) is 0 Å². The lowest BCUT2D eigenvalue weighted by atomic mass is 10.0. The van der Waals surface area contributed by atoms with E-state index in [9.17, 15) is 9.59 Å². The second kappa shape index (κ2) is 17.8. The number of nitrogens with zero attached hydrogens (tertiary/aromatic N) is 2. The van der Waals surface area contributed by atoms with Crippen molar-refractivity contribution >= 4 is 25.3 Å².